The van der Waals surface area contributed by atoms with E-state index in [0.29, 0.717) is 29.9 Å². The molecule has 0 bridgehead atoms. The standard InChI is InChI=1S/C17H26ClN3O/c1-12-7-8-21(10-14(12)9-19)11-17(22)20-13(2)15-5-3-4-6-16(15)18/h3-6,12-14H,7-11,19H2,1-2H3,(H,20,22). The van der Waals surface area contributed by atoms with Crippen molar-refractivity contribution < 1.29 is 4.79 Å². The van der Waals surface area contributed by atoms with Crippen molar-refractivity contribution in [1.82, 2.24) is 10.2 Å². The van der Waals surface area contributed by atoms with Crippen LogP contribution in [0.1, 0.15) is 31.9 Å². The molecule has 122 valence electrons. The lowest BCUT2D eigenvalue weighted by Gasteiger charge is -2.36. The number of carbonyl (C=O) groups excluding carboxylic acids is 1. The van der Waals surface area contributed by atoms with Crippen molar-refractivity contribution in [3.63, 3.8) is 0 Å². The maximum atomic E-state index is 12.3. The number of amides is 1. The summed E-state index contributed by atoms with van der Waals surface area (Å²) in [5.74, 6) is 1.17. The van der Waals surface area contributed by atoms with Crippen LogP contribution in [0.2, 0.25) is 5.02 Å². The Labute approximate surface area is 138 Å². The van der Waals surface area contributed by atoms with Gasteiger partial charge in [0.15, 0.2) is 0 Å². The van der Waals surface area contributed by atoms with Crippen LogP contribution in [-0.4, -0.2) is 37.0 Å². The predicted molar refractivity (Wildman–Crippen MR) is 90.8 cm³/mol. The molecular formula is C17H26ClN3O. The van der Waals surface area contributed by atoms with E-state index < -0.39 is 0 Å². The molecule has 4 nitrogen and oxygen atoms in total. The van der Waals surface area contributed by atoms with Gasteiger partial charge in [-0.25, -0.2) is 0 Å². The molecule has 3 atom stereocenters. The van der Waals surface area contributed by atoms with Crippen molar-refractivity contribution in [2.45, 2.75) is 26.3 Å². The Bertz CT molecular complexity index is 508. The second-order valence-electron chi connectivity index (χ2n) is 6.31. The predicted octanol–water partition coefficient (Wildman–Crippen LogP) is 2.43. The van der Waals surface area contributed by atoms with Gasteiger partial charge in [-0.15, -0.1) is 0 Å². The third-order valence-corrected chi connectivity index (χ3v) is 4.96. The number of hydrogen-bond donors (Lipinski definition) is 2. The molecule has 0 radical (unpaired) electrons. The lowest BCUT2D eigenvalue weighted by molar-refractivity contribution is -0.123. The normalized spacial score (nSPS) is 24.0. The molecule has 0 saturated carbocycles. The van der Waals surface area contributed by atoms with Gasteiger partial charge in [0.05, 0.1) is 12.6 Å². The molecule has 1 fully saturated rings. The number of nitrogens with two attached hydrogens (primary N) is 1. The third-order valence-electron chi connectivity index (χ3n) is 4.62. The number of likely N-dealkylation sites (tertiary alicyclic amines) is 1. The van der Waals surface area contributed by atoms with E-state index in [2.05, 4.69) is 17.1 Å². The van der Waals surface area contributed by atoms with Gasteiger partial charge in [-0.3, -0.25) is 9.69 Å². The lowest BCUT2D eigenvalue weighted by atomic mass is 9.87. The van der Waals surface area contributed by atoms with Gasteiger partial charge in [0, 0.05) is 11.6 Å². The molecule has 0 aliphatic carbocycles. The second kappa shape index (κ2) is 7.95. The summed E-state index contributed by atoms with van der Waals surface area (Å²) in [5.41, 5.74) is 6.77. The molecule has 1 saturated heterocycles. The third kappa shape index (κ3) is 4.45. The van der Waals surface area contributed by atoms with Crippen molar-refractivity contribution in [2.75, 3.05) is 26.2 Å². The summed E-state index contributed by atoms with van der Waals surface area (Å²) in [5, 5.41) is 3.72. The summed E-state index contributed by atoms with van der Waals surface area (Å²) in [6, 6.07) is 7.53. The zero-order valence-electron chi connectivity index (χ0n) is 13.4. The highest BCUT2D eigenvalue weighted by Gasteiger charge is 2.26. The monoisotopic (exact) mass is 323 g/mol. The van der Waals surface area contributed by atoms with Gasteiger partial charge < -0.3 is 11.1 Å². The van der Waals surface area contributed by atoms with Gasteiger partial charge >= 0.3 is 0 Å². The number of rotatable bonds is 5. The van der Waals surface area contributed by atoms with E-state index in [1.807, 2.05) is 31.2 Å². The average molecular weight is 324 g/mol. The minimum absolute atomic E-state index is 0.0396. The van der Waals surface area contributed by atoms with Crippen LogP contribution in [0.15, 0.2) is 24.3 Å². The van der Waals surface area contributed by atoms with E-state index in [9.17, 15) is 4.79 Å². The molecule has 3 unspecified atom stereocenters. The molecule has 5 heteroatoms. The second-order valence-corrected chi connectivity index (χ2v) is 6.71. The Morgan fingerprint density at radius 3 is 2.91 bits per heavy atom. The van der Waals surface area contributed by atoms with E-state index in [-0.39, 0.29) is 11.9 Å². The smallest absolute Gasteiger partial charge is 0.234 e. The largest absolute Gasteiger partial charge is 0.348 e. The summed E-state index contributed by atoms with van der Waals surface area (Å²) in [6.07, 6.45) is 1.11. The molecular weight excluding hydrogens is 298 g/mol. The van der Waals surface area contributed by atoms with Crippen molar-refractivity contribution in [3.05, 3.63) is 34.9 Å². The topological polar surface area (TPSA) is 58.4 Å². The maximum Gasteiger partial charge on any atom is 0.234 e. The lowest BCUT2D eigenvalue weighted by Crippen LogP contribution is -2.47. The van der Waals surface area contributed by atoms with E-state index in [1.54, 1.807) is 0 Å². The molecule has 22 heavy (non-hydrogen) atoms. The summed E-state index contributed by atoms with van der Waals surface area (Å²) in [7, 11) is 0. The Hall–Kier alpha value is -1.10. The highest BCUT2D eigenvalue weighted by Crippen LogP contribution is 2.23. The Morgan fingerprint density at radius 2 is 2.23 bits per heavy atom. The number of benzene rings is 1. The molecule has 0 aromatic heterocycles. The number of nitrogens with one attached hydrogen (secondary N) is 1. The van der Waals surface area contributed by atoms with Crippen molar-refractivity contribution in [2.24, 2.45) is 17.6 Å². The number of piperidine rings is 1. The summed E-state index contributed by atoms with van der Waals surface area (Å²) < 4.78 is 0. The van der Waals surface area contributed by atoms with Crippen molar-refractivity contribution in [1.29, 1.82) is 0 Å². The average Bonchev–Trinajstić information content (AvgIpc) is 2.49. The van der Waals surface area contributed by atoms with E-state index in [4.69, 9.17) is 17.3 Å². The quantitative estimate of drug-likeness (QED) is 0.875. The van der Waals surface area contributed by atoms with Crippen LogP contribution in [0.4, 0.5) is 0 Å². The summed E-state index contributed by atoms with van der Waals surface area (Å²) in [4.78, 5) is 14.5. The molecule has 1 aromatic rings. The number of nitrogens with zero attached hydrogens (tertiary/aromatic N) is 1. The van der Waals surface area contributed by atoms with E-state index in [0.717, 1.165) is 25.1 Å². The molecule has 3 N–H and O–H groups in total. The maximum absolute atomic E-state index is 12.3. The zero-order chi connectivity index (χ0) is 16.1. The molecule has 1 aliphatic rings. The van der Waals surface area contributed by atoms with E-state index in [1.165, 1.54) is 0 Å². The van der Waals surface area contributed by atoms with Crippen LogP contribution >= 0.6 is 11.6 Å². The highest BCUT2D eigenvalue weighted by molar-refractivity contribution is 6.31. The van der Waals surface area contributed by atoms with Crippen LogP contribution in [0, 0.1) is 11.8 Å². The van der Waals surface area contributed by atoms with Gasteiger partial charge in [0.2, 0.25) is 5.91 Å². The SMILES string of the molecule is CC(NC(=O)CN1CCC(C)C(CN)C1)c1ccccc1Cl. The van der Waals surface area contributed by atoms with Crippen LogP contribution < -0.4 is 11.1 Å². The minimum atomic E-state index is -0.0878. The van der Waals surface area contributed by atoms with Crippen LogP contribution in [-0.2, 0) is 4.79 Å². The summed E-state index contributed by atoms with van der Waals surface area (Å²) in [6.45, 7) is 7.19. The van der Waals surface area contributed by atoms with Gasteiger partial charge in [-0.1, -0.05) is 36.7 Å². The molecule has 2 rings (SSSR count). The van der Waals surface area contributed by atoms with Gasteiger partial charge in [0.25, 0.3) is 0 Å². The van der Waals surface area contributed by atoms with Crippen LogP contribution in [0.3, 0.4) is 0 Å². The van der Waals surface area contributed by atoms with Gasteiger partial charge in [-0.05, 0) is 49.9 Å². The Kier molecular flexibility index (Phi) is 6.24. The van der Waals surface area contributed by atoms with Crippen LogP contribution in [0.5, 0.6) is 0 Å². The highest BCUT2D eigenvalue weighted by atomic mass is 35.5. The molecule has 1 aliphatic heterocycles. The Balaban J connectivity index is 1.86. The fraction of sp³-hybridized carbons (Fsp3) is 0.588. The molecule has 1 heterocycles. The number of carbonyl (C=O) groups is 1. The Morgan fingerprint density at radius 1 is 1.50 bits per heavy atom. The first-order chi connectivity index (χ1) is 10.5. The van der Waals surface area contributed by atoms with Crippen molar-refractivity contribution in [3.8, 4) is 0 Å². The van der Waals surface area contributed by atoms with Crippen LogP contribution in [0.25, 0.3) is 0 Å². The van der Waals surface area contributed by atoms with E-state index >= 15 is 0 Å². The molecule has 0 spiro atoms. The zero-order valence-corrected chi connectivity index (χ0v) is 14.1. The number of halogens is 1. The summed E-state index contributed by atoms with van der Waals surface area (Å²) >= 11 is 6.17. The van der Waals surface area contributed by atoms with Gasteiger partial charge in [-0.2, -0.15) is 0 Å². The minimum Gasteiger partial charge on any atom is -0.348 e. The van der Waals surface area contributed by atoms with Crippen molar-refractivity contribution >= 4 is 17.5 Å². The van der Waals surface area contributed by atoms with Gasteiger partial charge in [0.1, 0.15) is 0 Å². The first kappa shape index (κ1) is 17.3. The number of hydrogen-bond acceptors (Lipinski definition) is 3. The molecule has 1 amide bonds. The molecule has 1 aromatic carbocycles. The fourth-order valence-electron chi connectivity index (χ4n) is 3.07. The first-order valence-electron chi connectivity index (χ1n) is 7.97. The fourth-order valence-corrected chi connectivity index (χ4v) is 3.37. The first-order valence-corrected chi connectivity index (χ1v) is 8.35.